The zero-order valence-electron chi connectivity index (χ0n) is 37.3. The molecular weight excluding hydrogens is 773 g/mol. The second kappa shape index (κ2) is 16.5. The smallest absolute Gasteiger partial charge is 0.338 e. The first-order chi connectivity index (χ1) is 26.5. The van der Waals surface area contributed by atoms with Crippen LogP contribution in [0.15, 0.2) is 41.5 Å². The zero-order valence-corrected chi connectivity index (χ0v) is 40.3. The number of ketones is 1. The molecule has 0 radical (unpaired) electrons. The fourth-order valence-corrected chi connectivity index (χ4v) is 17.8. The lowest BCUT2D eigenvalue weighted by molar-refractivity contribution is -0.344. The Kier molecular flexibility index (Phi) is 13.3. The summed E-state index contributed by atoms with van der Waals surface area (Å²) in [5.74, 6) is -2.45. The molecule has 2 saturated carbocycles. The molecule has 9 atom stereocenters. The highest BCUT2D eigenvalue weighted by Crippen LogP contribution is 2.65. The van der Waals surface area contributed by atoms with Gasteiger partial charge in [0.1, 0.15) is 23.9 Å². The van der Waals surface area contributed by atoms with Crippen molar-refractivity contribution >= 4 is 42.7 Å². The van der Waals surface area contributed by atoms with Gasteiger partial charge in [-0.05, 0) is 93.0 Å². The van der Waals surface area contributed by atoms with E-state index in [1.165, 1.54) is 6.92 Å². The first kappa shape index (κ1) is 46.1. The molecule has 13 heteroatoms. The third-order valence-corrected chi connectivity index (χ3v) is 25.2. The molecule has 1 aliphatic heterocycles. The molecule has 4 aliphatic rings. The Balaban J connectivity index is 1.95. The molecule has 1 aromatic rings. The lowest BCUT2D eigenvalue weighted by atomic mass is 9.44. The summed E-state index contributed by atoms with van der Waals surface area (Å²) in [4.78, 5) is 44.6. The lowest BCUT2D eigenvalue weighted by Crippen LogP contribution is -2.82. The third-order valence-electron chi connectivity index (χ3n) is 15.0. The second-order valence-electron chi connectivity index (χ2n) is 19.1. The van der Waals surface area contributed by atoms with E-state index in [4.69, 9.17) is 27.5 Å². The quantitative estimate of drug-likeness (QED) is 0.104. The van der Waals surface area contributed by atoms with Gasteiger partial charge in [-0.1, -0.05) is 73.6 Å². The molecule has 1 heterocycles. The van der Waals surface area contributed by atoms with Gasteiger partial charge in [-0.2, -0.15) is 0 Å². The van der Waals surface area contributed by atoms with Gasteiger partial charge in [-0.15, -0.1) is 0 Å². The van der Waals surface area contributed by atoms with Crippen molar-refractivity contribution in [1.29, 1.82) is 0 Å². The van der Waals surface area contributed by atoms with E-state index in [9.17, 15) is 14.7 Å². The summed E-state index contributed by atoms with van der Waals surface area (Å²) in [7, 11) is -7.27. The SMILES string of the molecule is CC[Si](CC)(CC)O[C@H]1C(=O)[C@]2(C)[C@@H](O[Si](CC)(CC)CC)C[C@H]3OC[C@@]3(OC(C)=O)[C@@H]2[C@H](OC(=O)c2ccccc2)[C@]2(O)C[C@H](O[Si](C)(C)C)C(C)=C1C2(C)C. The van der Waals surface area contributed by atoms with E-state index >= 15 is 4.79 Å². The summed E-state index contributed by atoms with van der Waals surface area (Å²) >= 11 is 0. The number of hydrogen-bond donors (Lipinski definition) is 1. The van der Waals surface area contributed by atoms with Gasteiger partial charge in [0.2, 0.25) is 0 Å². The van der Waals surface area contributed by atoms with Crippen LogP contribution in [-0.2, 0) is 37.1 Å². The molecule has 3 fully saturated rings. The van der Waals surface area contributed by atoms with Crippen molar-refractivity contribution in [3.63, 3.8) is 0 Å². The first-order valence-corrected chi connectivity index (χ1v) is 30.1. The lowest BCUT2D eigenvalue weighted by Gasteiger charge is -2.68. The van der Waals surface area contributed by atoms with Gasteiger partial charge < -0.3 is 32.6 Å². The van der Waals surface area contributed by atoms with Crippen LogP contribution in [0.5, 0.6) is 0 Å². The van der Waals surface area contributed by atoms with E-state index in [0.29, 0.717) is 17.6 Å². The molecular formula is C44H72O10Si3. The standard InChI is InChI=1S/C44H72O10Si3/c1-15-56(16-2,17-3)53-33-26-34-43(28-49-34,51-30(8)45)37-39(50-40(47)31-24-22-21-23-25-31)44(48)27-32(52-55(12,13)14)29(7)35(41(44,9)10)36(38(46)42(33,37)11)54-57(18-4,19-5)20-6/h21-25,32-34,36-37,39,48H,15-20,26-28H2,1-14H3/t32-,33-,34+,36+,37+,39-,42+,43-,44+/m0/s1. The molecule has 0 unspecified atom stereocenters. The molecule has 1 saturated heterocycles. The van der Waals surface area contributed by atoms with Crippen molar-refractivity contribution in [1.82, 2.24) is 0 Å². The number of carbonyl (C=O) groups is 3. The number of rotatable bonds is 15. The maximum atomic E-state index is 16.6. The number of ether oxygens (including phenoxy) is 3. The number of hydrogen-bond acceptors (Lipinski definition) is 10. The van der Waals surface area contributed by atoms with Crippen LogP contribution in [-0.4, -0.2) is 96.1 Å². The Morgan fingerprint density at radius 1 is 0.860 bits per heavy atom. The topological polar surface area (TPSA) is 127 Å². The molecule has 3 aliphatic carbocycles. The van der Waals surface area contributed by atoms with E-state index < -0.39 is 95.4 Å². The molecule has 5 rings (SSSR count). The van der Waals surface area contributed by atoms with Crippen LogP contribution in [0.4, 0.5) is 0 Å². The normalized spacial score (nSPS) is 34.0. The summed E-state index contributed by atoms with van der Waals surface area (Å²) in [5, 5.41) is 14.1. The average molecular weight is 845 g/mol. The van der Waals surface area contributed by atoms with Gasteiger partial charge >= 0.3 is 11.9 Å². The summed E-state index contributed by atoms with van der Waals surface area (Å²) in [5.41, 5.74) is -4.05. The van der Waals surface area contributed by atoms with Gasteiger partial charge in [-0.25, -0.2) is 4.79 Å². The van der Waals surface area contributed by atoms with Gasteiger partial charge in [0.15, 0.2) is 36.3 Å². The number of fused-ring (bicyclic) bond motifs is 5. The van der Waals surface area contributed by atoms with Crippen molar-refractivity contribution in [3.8, 4) is 0 Å². The Morgan fingerprint density at radius 2 is 1.40 bits per heavy atom. The largest absolute Gasteiger partial charge is 0.455 e. The Hall–Kier alpha value is -1.98. The van der Waals surface area contributed by atoms with Crippen LogP contribution in [0.25, 0.3) is 0 Å². The van der Waals surface area contributed by atoms with Crippen LogP contribution < -0.4 is 0 Å². The van der Waals surface area contributed by atoms with E-state index in [1.807, 2.05) is 33.8 Å². The fraction of sp³-hybridized carbons (Fsp3) is 0.750. The van der Waals surface area contributed by atoms with Gasteiger partial charge in [0.25, 0.3) is 0 Å². The minimum absolute atomic E-state index is 0.0229. The Bertz CT molecular complexity index is 1670. The van der Waals surface area contributed by atoms with Crippen molar-refractivity contribution < 1.29 is 47.0 Å². The minimum Gasteiger partial charge on any atom is -0.455 e. The average Bonchev–Trinajstić information content (AvgIpc) is 3.16. The summed E-state index contributed by atoms with van der Waals surface area (Å²) < 4.78 is 41.6. The molecule has 320 valence electrons. The van der Waals surface area contributed by atoms with Gasteiger partial charge in [0, 0.05) is 25.2 Å². The molecule has 1 N–H and O–H groups in total. The molecule has 0 amide bonds. The van der Waals surface area contributed by atoms with Crippen molar-refractivity contribution in [2.45, 2.75) is 187 Å². The maximum Gasteiger partial charge on any atom is 0.338 e. The first-order valence-electron chi connectivity index (χ1n) is 21.6. The zero-order chi connectivity index (χ0) is 42.6. The van der Waals surface area contributed by atoms with Gasteiger partial charge in [0.05, 0.1) is 35.7 Å². The van der Waals surface area contributed by atoms with Crippen LogP contribution in [0, 0.1) is 16.7 Å². The highest BCUT2D eigenvalue weighted by Gasteiger charge is 2.78. The van der Waals surface area contributed by atoms with E-state index in [1.54, 1.807) is 24.3 Å². The third kappa shape index (κ3) is 7.67. The molecule has 10 nitrogen and oxygen atoms in total. The molecule has 0 aromatic heterocycles. The number of esters is 2. The predicted molar refractivity (Wildman–Crippen MR) is 230 cm³/mol. The summed E-state index contributed by atoms with van der Waals surface area (Å²) in [6.07, 6.45) is -4.00. The molecule has 2 bridgehead atoms. The highest BCUT2D eigenvalue weighted by atomic mass is 28.4. The molecule has 0 spiro atoms. The fourth-order valence-electron chi connectivity index (χ4n) is 11.0. The molecule has 57 heavy (non-hydrogen) atoms. The van der Waals surface area contributed by atoms with E-state index in [0.717, 1.165) is 41.8 Å². The van der Waals surface area contributed by atoms with E-state index in [-0.39, 0.29) is 18.8 Å². The monoisotopic (exact) mass is 844 g/mol. The summed E-state index contributed by atoms with van der Waals surface area (Å²) in [6.45, 7) is 28.4. The number of carbonyl (C=O) groups excluding carboxylic acids is 3. The number of Topliss-reactive ketones (excluding diaryl/α,β-unsaturated/α-hetero) is 1. The highest BCUT2D eigenvalue weighted by molar-refractivity contribution is 6.74. The minimum atomic E-state index is -2.55. The molecule has 1 aromatic carbocycles. The van der Waals surface area contributed by atoms with Crippen LogP contribution in [0.3, 0.4) is 0 Å². The van der Waals surface area contributed by atoms with Crippen molar-refractivity contribution in [2.24, 2.45) is 16.7 Å². The van der Waals surface area contributed by atoms with Crippen LogP contribution >= 0.6 is 0 Å². The number of aliphatic hydroxyl groups is 1. The van der Waals surface area contributed by atoms with Crippen molar-refractivity contribution in [2.75, 3.05) is 6.61 Å². The Morgan fingerprint density at radius 3 is 1.88 bits per heavy atom. The second-order valence-corrected chi connectivity index (χ2v) is 33.0. The van der Waals surface area contributed by atoms with Gasteiger partial charge in [-0.3, -0.25) is 9.59 Å². The summed E-state index contributed by atoms with van der Waals surface area (Å²) in [6, 6.07) is 13.6. The predicted octanol–water partition coefficient (Wildman–Crippen LogP) is 9.00. The Labute approximate surface area is 345 Å². The van der Waals surface area contributed by atoms with Crippen LogP contribution in [0.2, 0.25) is 55.9 Å². The van der Waals surface area contributed by atoms with E-state index in [2.05, 4.69) is 61.2 Å². The van der Waals surface area contributed by atoms with Crippen LogP contribution in [0.1, 0.15) is 99.4 Å². The number of benzene rings is 1. The van der Waals surface area contributed by atoms with Crippen molar-refractivity contribution in [3.05, 3.63) is 47.0 Å². The maximum absolute atomic E-state index is 16.6.